The van der Waals surface area contributed by atoms with Crippen LogP contribution in [0.3, 0.4) is 0 Å². The lowest BCUT2D eigenvalue weighted by molar-refractivity contribution is 0.0949. The van der Waals surface area contributed by atoms with Crippen LogP contribution in [-0.4, -0.2) is 29.0 Å². The molecule has 0 fully saturated rings. The van der Waals surface area contributed by atoms with E-state index in [0.29, 0.717) is 18.8 Å². The molecular formula is C8H12N4O2. The lowest BCUT2D eigenvalue weighted by Gasteiger charge is -2.02. The van der Waals surface area contributed by atoms with Gasteiger partial charge >= 0.3 is 5.69 Å². The third-order valence-corrected chi connectivity index (χ3v) is 1.54. The third-order valence-electron chi connectivity index (χ3n) is 1.54. The lowest BCUT2D eigenvalue weighted by atomic mass is 10.3. The second-order valence-corrected chi connectivity index (χ2v) is 2.80. The number of aromatic nitrogens is 2. The van der Waals surface area contributed by atoms with Gasteiger partial charge in [-0.05, 0) is 13.0 Å². The van der Waals surface area contributed by atoms with Gasteiger partial charge in [0.1, 0.15) is 5.69 Å². The van der Waals surface area contributed by atoms with Crippen molar-refractivity contribution < 1.29 is 4.79 Å². The zero-order chi connectivity index (χ0) is 10.6. The highest BCUT2D eigenvalue weighted by atomic mass is 16.2. The van der Waals surface area contributed by atoms with Gasteiger partial charge in [-0.1, -0.05) is 0 Å². The van der Waals surface area contributed by atoms with Crippen molar-refractivity contribution in [3.63, 3.8) is 0 Å². The van der Waals surface area contributed by atoms with Gasteiger partial charge in [-0.2, -0.15) is 4.98 Å². The molecule has 4 N–H and O–H groups in total. The molecule has 1 rings (SSSR count). The summed E-state index contributed by atoms with van der Waals surface area (Å²) in [6, 6.07) is 1.51. The summed E-state index contributed by atoms with van der Waals surface area (Å²) in [6.07, 6.45) is 0. The summed E-state index contributed by atoms with van der Waals surface area (Å²) in [4.78, 5) is 28.2. The van der Waals surface area contributed by atoms with Gasteiger partial charge in [0.25, 0.3) is 5.91 Å². The van der Waals surface area contributed by atoms with Crippen molar-refractivity contribution in [3.05, 3.63) is 27.9 Å². The number of aryl methyl sites for hydroxylation is 1. The molecule has 76 valence electrons. The van der Waals surface area contributed by atoms with E-state index in [0.717, 1.165) is 0 Å². The summed E-state index contributed by atoms with van der Waals surface area (Å²) in [5, 5.41) is 2.52. The van der Waals surface area contributed by atoms with E-state index >= 15 is 0 Å². The number of carbonyl (C=O) groups excluding carboxylic acids is 1. The number of carbonyl (C=O) groups is 1. The van der Waals surface area contributed by atoms with E-state index in [9.17, 15) is 9.59 Å². The molecule has 1 amide bonds. The maximum atomic E-state index is 11.3. The highest BCUT2D eigenvalue weighted by molar-refractivity contribution is 5.92. The SMILES string of the molecule is Cc1cc(C(=O)NCCN)nc(=O)[nH]1. The molecule has 1 aromatic heterocycles. The molecule has 1 heterocycles. The Morgan fingerprint density at radius 1 is 1.71 bits per heavy atom. The van der Waals surface area contributed by atoms with Crippen molar-refractivity contribution in [1.82, 2.24) is 15.3 Å². The minimum absolute atomic E-state index is 0.111. The van der Waals surface area contributed by atoms with Crippen molar-refractivity contribution >= 4 is 5.91 Å². The fraction of sp³-hybridized carbons (Fsp3) is 0.375. The van der Waals surface area contributed by atoms with Crippen molar-refractivity contribution in [2.75, 3.05) is 13.1 Å². The molecule has 14 heavy (non-hydrogen) atoms. The largest absolute Gasteiger partial charge is 0.349 e. The maximum absolute atomic E-state index is 11.3. The molecule has 6 heteroatoms. The molecule has 0 spiro atoms. The number of hydrogen-bond acceptors (Lipinski definition) is 4. The van der Waals surface area contributed by atoms with Crippen LogP contribution in [0, 0.1) is 6.92 Å². The Hall–Kier alpha value is -1.69. The van der Waals surface area contributed by atoms with Crippen molar-refractivity contribution in [2.24, 2.45) is 5.73 Å². The predicted octanol–water partition coefficient (Wildman–Crippen LogP) is -1.23. The molecule has 0 aliphatic carbocycles. The average Bonchev–Trinajstić information content (AvgIpc) is 2.12. The minimum Gasteiger partial charge on any atom is -0.349 e. The van der Waals surface area contributed by atoms with Gasteiger partial charge in [0.2, 0.25) is 0 Å². The molecule has 0 saturated heterocycles. The molecule has 0 aromatic carbocycles. The summed E-state index contributed by atoms with van der Waals surface area (Å²) in [7, 11) is 0. The number of amides is 1. The summed E-state index contributed by atoms with van der Waals surface area (Å²) in [5.41, 5.74) is 5.40. The van der Waals surface area contributed by atoms with Gasteiger partial charge in [-0.15, -0.1) is 0 Å². The summed E-state index contributed by atoms with van der Waals surface area (Å²) in [6.45, 7) is 2.41. The Morgan fingerprint density at radius 3 is 3.00 bits per heavy atom. The van der Waals surface area contributed by atoms with Gasteiger partial charge in [0.05, 0.1) is 0 Å². The van der Waals surface area contributed by atoms with Crippen LogP contribution >= 0.6 is 0 Å². The Morgan fingerprint density at radius 2 is 2.43 bits per heavy atom. The number of H-pyrrole nitrogens is 1. The monoisotopic (exact) mass is 196 g/mol. The van der Waals surface area contributed by atoms with Crippen LogP contribution in [0.4, 0.5) is 0 Å². The minimum atomic E-state index is -0.525. The van der Waals surface area contributed by atoms with E-state index in [1.54, 1.807) is 6.92 Å². The highest BCUT2D eigenvalue weighted by Crippen LogP contribution is 1.93. The summed E-state index contributed by atoms with van der Waals surface area (Å²) >= 11 is 0. The Labute approximate surface area is 80.5 Å². The fourth-order valence-corrected chi connectivity index (χ4v) is 0.972. The second-order valence-electron chi connectivity index (χ2n) is 2.80. The number of nitrogens with one attached hydrogen (secondary N) is 2. The quantitative estimate of drug-likeness (QED) is 0.563. The molecule has 6 nitrogen and oxygen atoms in total. The van der Waals surface area contributed by atoms with E-state index in [1.165, 1.54) is 6.07 Å². The van der Waals surface area contributed by atoms with E-state index in [4.69, 9.17) is 5.73 Å². The number of rotatable bonds is 3. The molecular weight excluding hydrogens is 184 g/mol. The molecule has 1 aromatic rings. The van der Waals surface area contributed by atoms with Crippen molar-refractivity contribution in [2.45, 2.75) is 6.92 Å². The summed E-state index contributed by atoms with van der Waals surface area (Å²) < 4.78 is 0. The van der Waals surface area contributed by atoms with Gasteiger partial charge < -0.3 is 16.0 Å². The van der Waals surface area contributed by atoms with Crippen LogP contribution in [-0.2, 0) is 0 Å². The van der Waals surface area contributed by atoms with Gasteiger partial charge in [-0.25, -0.2) is 4.79 Å². The van der Waals surface area contributed by atoms with Crippen LogP contribution in [0.25, 0.3) is 0 Å². The van der Waals surface area contributed by atoms with Crippen LogP contribution in [0.2, 0.25) is 0 Å². The lowest BCUT2D eigenvalue weighted by Crippen LogP contribution is -2.31. The topological polar surface area (TPSA) is 101 Å². The van der Waals surface area contributed by atoms with Crippen molar-refractivity contribution in [1.29, 1.82) is 0 Å². The van der Waals surface area contributed by atoms with Crippen LogP contribution < -0.4 is 16.7 Å². The first-order chi connectivity index (χ1) is 6.63. The van der Waals surface area contributed by atoms with E-state index < -0.39 is 5.69 Å². The van der Waals surface area contributed by atoms with E-state index in [2.05, 4.69) is 15.3 Å². The highest BCUT2D eigenvalue weighted by Gasteiger charge is 2.07. The first-order valence-electron chi connectivity index (χ1n) is 4.19. The zero-order valence-corrected chi connectivity index (χ0v) is 7.83. The molecule has 0 aliphatic heterocycles. The van der Waals surface area contributed by atoms with Gasteiger partial charge in [0.15, 0.2) is 0 Å². The second kappa shape index (κ2) is 4.52. The van der Waals surface area contributed by atoms with Gasteiger partial charge in [0, 0.05) is 18.8 Å². The number of aromatic amines is 1. The number of nitrogens with two attached hydrogens (primary N) is 1. The molecule has 0 atom stereocenters. The maximum Gasteiger partial charge on any atom is 0.345 e. The number of hydrogen-bond donors (Lipinski definition) is 3. The molecule has 0 unspecified atom stereocenters. The Bertz CT molecular complexity index is 385. The van der Waals surface area contributed by atoms with Crippen LogP contribution in [0.15, 0.2) is 10.9 Å². The van der Waals surface area contributed by atoms with E-state index in [1.807, 2.05) is 0 Å². The molecule has 0 saturated carbocycles. The Balaban J connectivity index is 2.84. The molecule has 0 bridgehead atoms. The average molecular weight is 196 g/mol. The first kappa shape index (κ1) is 10.4. The van der Waals surface area contributed by atoms with Crippen LogP contribution in [0.1, 0.15) is 16.2 Å². The summed E-state index contributed by atoms with van der Waals surface area (Å²) in [5.74, 6) is -0.385. The standard InChI is InChI=1S/C8H12N4O2/c1-5-4-6(12-8(14)11-5)7(13)10-3-2-9/h4H,2-3,9H2,1H3,(H,10,13)(H,11,12,14). The first-order valence-corrected chi connectivity index (χ1v) is 4.19. The Kier molecular flexibility index (Phi) is 3.35. The van der Waals surface area contributed by atoms with Crippen LogP contribution in [0.5, 0.6) is 0 Å². The van der Waals surface area contributed by atoms with Gasteiger partial charge in [-0.3, -0.25) is 4.79 Å². The number of nitrogens with zero attached hydrogens (tertiary/aromatic N) is 1. The molecule has 0 radical (unpaired) electrons. The van der Waals surface area contributed by atoms with Crippen molar-refractivity contribution in [3.8, 4) is 0 Å². The fourth-order valence-electron chi connectivity index (χ4n) is 0.972. The van der Waals surface area contributed by atoms with E-state index in [-0.39, 0.29) is 11.6 Å². The third kappa shape index (κ3) is 2.67. The molecule has 0 aliphatic rings. The normalized spacial score (nSPS) is 9.86. The smallest absolute Gasteiger partial charge is 0.345 e. The predicted molar refractivity (Wildman–Crippen MR) is 51.0 cm³/mol. The zero-order valence-electron chi connectivity index (χ0n) is 7.83.